The fourth-order valence-corrected chi connectivity index (χ4v) is 3.22. The molecule has 0 bridgehead atoms. The molecular weight excluding hydrogens is 382 g/mol. The second kappa shape index (κ2) is 8.69. The molecule has 1 aliphatic heterocycles. The van der Waals surface area contributed by atoms with E-state index in [-0.39, 0.29) is 18.7 Å². The van der Waals surface area contributed by atoms with E-state index in [1.54, 1.807) is 25.1 Å². The molecule has 1 aliphatic rings. The summed E-state index contributed by atoms with van der Waals surface area (Å²) in [6, 6.07) is 23.7. The normalized spacial score (nSPS) is 13.0. The number of hydrogen-bond acceptors (Lipinski definition) is 5. The first-order valence-electron chi connectivity index (χ1n) is 9.63. The Hall–Kier alpha value is -3.80. The van der Waals surface area contributed by atoms with Crippen LogP contribution in [0.3, 0.4) is 0 Å². The Morgan fingerprint density at radius 3 is 2.10 bits per heavy atom. The van der Waals surface area contributed by atoms with Crippen LogP contribution in [0.25, 0.3) is 0 Å². The number of esters is 1. The molecule has 1 amide bonds. The monoisotopic (exact) mass is 403 g/mol. The van der Waals surface area contributed by atoms with Crippen LogP contribution >= 0.6 is 0 Å². The van der Waals surface area contributed by atoms with Gasteiger partial charge in [0.1, 0.15) is 0 Å². The third kappa shape index (κ3) is 4.27. The number of fused-ring (bicyclic) bond motifs is 1. The van der Waals surface area contributed by atoms with Crippen LogP contribution in [0.5, 0.6) is 11.5 Å². The summed E-state index contributed by atoms with van der Waals surface area (Å²) in [6.07, 6.45) is -0.974. The Morgan fingerprint density at radius 2 is 1.47 bits per heavy atom. The van der Waals surface area contributed by atoms with Gasteiger partial charge in [0.25, 0.3) is 5.91 Å². The van der Waals surface area contributed by atoms with E-state index >= 15 is 0 Å². The number of hydrogen-bond donors (Lipinski definition) is 1. The van der Waals surface area contributed by atoms with Gasteiger partial charge in [-0.15, -0.1) is 0 Å². The van der Waals surface area contributed by atoms with Gasteiger partial charge in [-0.1, -0.05) is 60.7 Å². The second-order valence-electron chi connectivity index (χ2n) is 6.88. The van der Waals surface area contributed by atoms with Gasteiger partial charge in [0.15, 0.2) is 17.6 Å². The van der Waals surface area contributed by atoms with E-state index in [4.69, 9.17) is 14.2 Å². The van der Waals surface area contributed by atoms with Crippen molar-refractivity contribution in [3.63, 3.8) is 0 Å². The van der Waals surface area contributed by atoms with Gasteiger partial charge in [-0.3, -0.25) is 4.79 Å². The van der Waals surface area contributed by atoms with Gasteiger partial charge in [-0.2, -0.15) is 0 Å². The minimum absolute atomic E-state index is 0.118. The van der Waals surface area contributed by atoms with E-state index in [9.17, 15) is 9.59 Å². The SMILES string of the molecule is C[C@H](OC(=O)c1ccc2c(c1)OCO2)C(=O)NC(c1ccccc1)c1ccccc1. The number of amides is 1. The molecule has 0 unspecified atom stereocenters. The number of rotatable bonds is 6. The number of nitrogens with one attached hydrogen (secondary N) is 1. The highest BCUT2D eigenvalue weighted by Gasteiger charge is 2.24. The minimum atomic E-state index is -0.974. The van der Waals surface area contributed by atoms with Gasteiger partial charge in [0, 0.05) is 0 Å². The molecular formula is C24H21NO5. The van der Waals surface area contributed by atoms with Crippen LogP contribution in [0.4, 0.5) is 0 Å². The number of carbonyl (C=O) groups excluding carboxylic acids is 2. The van der Waals surface area contributed by atoms with Gasteiger partial charge in [-0.25, -0.2) is 4.79 Å². The fraction of sp³-hybridized carbons (Fsp3) is 0.167. The predicted molar refractivity (Wildman–Crippen MR) is 110 cm³/mol. The average molecular weight is 403 g/mol. The van der Waals surface area contributed by atoms with Crippen molar-refractivity contribution in [2.75, 3.05) is 6.79 Å². The molecule has 0 fully saturated rings. The van der Waals surface area contributed by atoms with Crippen molar-refractivity contribution < 1.29 is 23.8 Å². The second-order valence-corrected chi connectivity index (χ2v) is 6.88. The summed E-state index contributed by atoms with van der Waals surface area (Å²) in [6.45, 7) is 1.67. The summed E-state index contributed by atoms with van der Waals surface area (Å²) in [7, 11) is 0. The van der Waals surface area contributed by atoms with Crippen molar-refractivity contribution >= 4 is 11.9 Å². The van der Waals surface area contributed by atoms with Crippen LogP contribution in [-0.2, 0) is 9.53 Å². The summed E-state index contributed by atoms with van der Waals surface area (Å²) in [5, 5.41) is 2.99. The van der Waals surface area contributed by atoms with Crippen LogP contribution in [0.2, 0.25) is 0 Å². The van der Waals surface area contributed by atoms with Gasteiger partial charge < -0.3 is 19.5 Å². The molecule has 3 aromatic rings. The smallest absolute Gasteiger partial charge is 0.339 e. The molecule has 0 aromatic heterocycles. The molecule has 1 heterocycles. The van der Waals surface area contributed by atoms with E-state index in [0.29, 0.717) is 17.1 Å². The first-order valence-corrected chi connectivity index (χ1v) is 9.63. The van der Waals surface area contributed by atoms with Crippen LogP contribution in [0.15, 0.2) is 78.9 Å². The van der Waals surface area contributed by atoms with Crippen LogP contribution < -0.4 is 14.8 Å². The molecule has 6 nitrogen and oxygen atoms in total. The lowest BCUT2D eigenvalue weighted by Crippen LogP contribution is -2.38. The zero-order valence-corrected chi connectivity index (χ0v) is 16.4. The lowest BCUT2D eigenvalue weighted by atomic mass is 9.98. The molecule has 0 aliphatic carbocycles. The van der Waals surface area contributed by atoms with E-state index in [2.05, 4.69) is 5.32 Å². The van der Waals surface area contributed by atoms with Gasteiger partial charge in [0.05, 0.1) is 11.6 Å². The molecule has 6 heteroatoms. The Kier molecular flexibility index (Phi) is 5.66. The zero-order chi connectivity index (χ0) is 20.9. The van der Waals surface area contributed by atoms with Crippen molar-refractivity contribution in [3.05, 3.63) is 95.6 Å². The molecule has 4 rings (SSSR count). The number of ether oxygens (including phenoxy) is 3. The molecule has 152 valence electrons. The van der Waals surface area contributed by atoms with Crippen molar-refractivity contribution in [2.45, 2.75) is 19.1 Å². The maximum absolute atomic E-state index is 12.8. The summed E-state index contributed by atoms with van der Waals surface area (Å²) >= 11 is 0. The van der Waals surface area contributed by atoms with E-state index < -0.39 is 12.1 Å². The molecule has 3 aromatic carbocycles. The Balaban J connectivity index is 1.46. The molecule has 0 radical (unpaired) electrons. The highest BCUT2D eigenvalue weighted by Crippen LogP contribution is 2.32. The van der Waals surface area contributed by atoms with Crippen molar-refractivity contribution in [1.82, 2.24) is 5.32 Å². The standard InChI is InChI=1S/C24H21NO5/c1-16(30-24(27)19-12-13-20-21(14-19)29-15-28-20)23(26)25-22(17-8-4-2-5-9-17)18-10-6-3-7-11-18/h2-14,16,22H,15H2,1H3,(H,25,26)/t16-/m0/s1. The molecule has 0 saturated carbocycles. The van der Waals surface area contributed by atoms with E-state index in [0.717, 1.165) is 11.1 Å². The first-order chi connectivity index (χ1) is 14.6. The van der Waals surface area contributed by atoms with Crippen LogP contribution in [-0.4, -0.2) is 24.8 Å². The summed E-state index contributed by atoms with van der Waals surface area (Å²) in [5.41, 5.74) is 2.17. The topological polar surface area (TPSA) is 73.9 Å². The Bertz CT molecular complexity index is 996. The van der Waals surface area contributed by atoms with Gasteiger partial charge in [-0.05, 0) is 36.2 Å². The third-order valence-electron chi connectivity index (χ3n) is 4.81. The molecule has 30 heavy (non-hydrogen) atoms. The first kappa shape index (κ1) is 19.5. The molecule has 1 N–H and O–H groups in total. The highest BCUT2D eigenvalue weighted by atomic mass is 16.7. The van der Waals surface area contributed by atoms with E-state index in [1.165, 1.54) is 0 Å². The maximum Gasteiger partial charge on any atom is 0.339 e. The zero-order valence-electron chi connectivity index (χ0n) is 16.4. The third-order valence-corrected chi connectivity index (χ3v) is 4.81. The lowest BCUT2D eigenvalue weighted by molar-refractivity contribution is -0.129. The quantitative estimate of drug-likeness (QED) is 0.633. The fourth-order valence-electron chi connectivity index (χ4n) is 3.22. The molecule has 0 spiro atoms. The molecule has 1 atom stereocenters. The summed E-state index contributed by atoms with van der Waals surface area (Å²) < 4.78 is 15.9. The summed E-state index contributed by atoms with van der Waals surface area (Å²) in [4.78, 5) is 25.3. The van der Waals surface area contributed by atoms with Crippen molar-refractivity contribution in [1.29, 1.82) is 0 Å². The number of benzene rings is 3. The van der Waals surface area contributed by atoms with Crippen LogP contribution in [0, 0.1) is 0 Å². The van der Waals surface area contributed by atoms with Crippen molar-refractivity contribution in [3.8, 4) is 11.5 Å². The number of carbonyl (C=O) groups is 2. The maximum atomic E-state index is 12.8. The van der Waals surface area contributed by atoms with Crippen molar-refractivity contribution in [2.24, 2.45) is 0 Å². The minimum Gasteiger partial charge on any atom is -0.454 e. The highest BCUT2D eigenvalue weighted by molar-refractivity contribution is 5.93. The van der Waals surface area contributed by atoms with Gasteiger partial charge >= 0.3 is 5.97 Å². The van der Waals surface area contributed by atoms with Crippen LogP contribution in [0.1, 0.15) is 34.5 Å². The lowest BCUT2D eigenvalue weighted by Gasteiger charge is -2.22. The molecule has 0 saturated heterocycles. The average Bonchev–Trinajstić information content (AvgIpc) is 3.26. The van der Waals surface area contributed by atoms with Gasteiger partial charge in [0.2, 0.25) is 6.79 Å². The Labute approximate surface area is 174 Å². The van der Waals surface area contributed by atoms with E-state index in [1.807, 2.05) is 60.7 Å². The summed E-state index contributed by atoms with van der Waals surface area (Å²) in [5.74, 6) is 0.0643. The Morgan fingerprint density at radius 1 is 0.867 bits per heavy atom. The predicted octanol–water partition coefficient (Wildman–Crippen LogP) is 3.87. The largest absolute Gasteiger partial charge is 0.454 e.